The van der Waals surface area contributed by atoms with Gasteiger partial charge < -0.3 is 4.74 Å². The lowest BCUT2D eigenvalue weighted by Gasteiger charge is -1.95. The van der Waals surface area contributed by atoms with Gasteiger partial charge in [-0.15, -0.1) is 9.78 Å². The van der Waals surface area contributed by atoms with Gasteiger partial charge in [0, 0.05) is 0 Å². The third kappa shape index (κ3) is 1.59. The van der Waals surface area contributed by atoms with Crippen LogP contribution in [0.15, 0.2) is 9.21 Å². The Bertz CT molecular complexity index is 285. The SMILES string of the molecule is COC(=O)n1nnc(Br)c1Br. The van der Waals surface area contributed by atoms with Gasteiger partial charge in [0.2, 0.25) is 0 Å². The predicted molar refractivity (Wildman–Crippen MR) is 43.2 cm³/mol. The van der Waals surface area contributed by atoms with Crippen molar-refractivity contribution < 1.29 is 9.53 Å². The number of aromatic nitrogens is 3. The molecule has 60 valence electrons. The fourth-order valence-corrected chi connectivity index (χ4v) is 0.989. The van der Waals surface area contributed by atoms with Gasteiger partial charge in [0.05, 0.1) is 7.11 Å². The highest BCUT2D eigenvalue weighted by Gasteiger charge is 2.13. The highest BCUT2D eigenvalue weighted by molar-refractivity contribution is 9.13. The second kappa shape index (κ2) is 3.31. The first-order valence-electron chi connectivity index (χ1n) is 2.52. The predicted octanol–water partition coefficient (Wildman–Crippen LogP) is 1.42. The van der Waals surface area contributed by atoms with Crippen LogP contribution in [0.1, 0.15) is 0 Å². The molecule has 0 aliphatic heterocycles. The standard InChI is InChI=1S/C4H3Br2N3O2/c1-11-4(10)9-3(6)2(5)7-8-9/h1H3. The van der Waals surface area contributed by atoms with E-state index in [1.807, 2.05) is 0 Å². The summed E-state index contributed by atoms with van der Waals surface area (Å²) in [6.07, 6.45) is -0.588. The van der Waals surface area contributed by atoms with Crippen LogP contribution >= 0.6 is 31.9 Å². The van der Waals surface area contributed by atoms with Crippen LogP contribution in [-0.4, -0.2) is 28.2 Å². The fraction of sp³-hybridized carbons (Fsp3) is 0.250. The molecule has 11 heavy (non-hydrogen) atoms. The largest absolute Gasteiger partial charge is 0.451 e. The molecule has 0 atom stereocenters. The summed E-state index contributed by atoms with van der Waals surface area (Å²) in [5.74, 6) is 0. The van der Waals surface area contributed by atoms with Gasteiger partial charge in [-0.1, -0.05) is 5.21 Å². The minimum atomic E-state index is -0.588. The number of ether oxygens (including phenoxy) is 1. The first-order chi connectivity index (χ1) is 5.16. The Kier molecular flexibility index (Phi) is 2.61. The summed E-state index contributed by atoms with van der Waals surface area (Å²) in [4.78, 5) is 10.8. The Hall–Kier alpha value is -0.430. The average molecular weight is 285 g/mol. The van der Waals surface area contributed by atoms with Gasteiger partial charge in [-0.2, -0.15) is 0 Å². The van der Waals surface area contributed by atoms with Crippen LogP contribution in [0.25, 0.3) is 0 Å². The van der Waals surface area contributed by atoms with Crippen molar-refractivity contribution in [3.05, 3.63) is 9.21 Å². The molecule has 0 N–H and O–H groups in total. The van der Waals surface area contributed by atoms with Gasteiger partial charge in [-0.25, -0.2) is 4.79 Å². The lowest BCUT2D eigenvalue weighted by Crippen LogP contribution is -2.13. The van der Waals surface area contributed by atoms with E-state index in [9.17, 15) is 4.79 Å². The molecule has 0 spiro atoms. The lowest BCUT2D eigenvalue weighted by molar-refractivity contribution is 0.168. The number of halogens is 2. The van der Waals surface area contributed by atoms with Crippen molar-refractivity contribution >= 4 is 38.0 Å². The van der Waals surface area contributed by atoms with E-state index < -0.39 is 6.09 Å². The third-order valence-corrected chi connectivity index (χ3v) is 2.70. The van der Waals surface area contributed by atoms with Crippen LogP contribution in [-0.2, 0) is 4.74 Å². The van der Waals surface area contributed by atoms with Gasteiger partial charge >= 0.3 is 6.09 Å². The molecule has 0 saturated heterocycles. The smallest absolute Gasteiger partial charge is 0.436 e. The maximum Gasteiger partial charge on any atom is 0.436 e. The summed E-state index contributed by atoms with van der Waals surface area (Å²) < 4.78 is 6.29. The normalized spacial score (nSPS) is 9.73. The van der Waals surface area contributed by atoms with Crippen LogP contribution < -0.4 is 0 Å². The molecule has 0 unspecified atom stereocenters. The minimum absolute atomic E-state index is 0.435. The molecule has 1 heterocycles. The van der Waals surface area contributed by atoms with E-state index in [2.05, 4.69) is 46.9 Å². The Morgan fingerprint density at radius 3 is 2.64 bits per heavy atom. The zero-order chi connectivity index (χ0) is 8.43. The highest BCUT2D eigenvalue weighted by atomic mass is 79.9. The van der Waals surface area contributed by atoms with Crippen molar-refractivity contribution in [2.75, 3.05) is 7.11 Å². The van der Waals surface area contributed by atoms with E-state index in [0.29, 0.717) is 9.21 Å². The van der Waals surface area contributed by atoms with Crippen molar-refractivity contribution in [1.82, 2.24) is 15.0 Å². The molecule has 0 aromatic carbocycles. The van der Waals surface area contributed by atoms with Crippen LogP contribution in [0.3, 0.4) is 0 Å². The first-order valence-corrected chi connectivity index (χ1v) is 4.10. The van der Waals surface area contributed by atoms with Crippen LogP contribution in [0.5, 0.6) is 0 Å². The Balaban J connectivity index is 3.04. The molecule has 0 radical (unpaired) electrons. The third-order valence-electron chi connectivity index (χ3n) is 0.926. The number of rotatable bonds is 0. The Morgan fingerprint density at radius 1 is 1.64 bits per heavy atom. The fourth-order valence-electron chi connectivity index (χ4n) is 0.455. The van der Waals surface area contributed by atoms with Gasteiger partial charge in [0.15, 0.2) is 9.21 Å². The van der Waals surface area contributed by atoms with Crippen molar-refractivity contribution in [2.24, 2.45) is 0 Å². The topological polar surface area (TPSA) is 57.0 Å². The maximum atomic E-state index is 10.8. The molecule has 1 rings (SSSR count). The monoisotopic (exact) mass is 283 g/mol. The summed E-state index contributed by atoms with van der Waals surface area (Å²) in [5, 5.41) is 7.05. The van der Waals surface area contributed by atoms with E-state index in [1.54, 1.807) is 0 Å². The number of hydrogen-bond acceptors (Lipinski definition) is 4. The van der Waals surface area contributed by atoms with Crippen LogP contribution in [0.2, 0.25) is 0 Å². The first kappa shape index (κ1) is 8.66. The highest BCUT2D eigenvalue weighted by Crippen LogP contribution is 2.18. The quantitative estimate of drug-likeness (QED) is 0.723. The van der Waals surface area contributed by atoms with E-state index in [0.717, 1.165) is 4.68 Å². The molecular weight excluding hydrogens is 282 g/mol. The number of methoxy groups -OCH3 is 1. The van der Waals surface area contributed by atoms with Crippen LogP contribution in [0.4, 0.5) is 4.79 Å². The molecule has 1 aromatic rings. The van der Waals surface area contributed by atoms with Gasteiger partial charge in [-0.05, 0) is 31.9 Å². The van der Waals surface area contributed by atoms with E-state index in [4.69, 9.17) is 0 Å². The Labute approximate surface area is 79.0 Å². The van der Waals surface area contributed by atoms with Crippen molar-refractivity contribution in [3.8, 4) is 0 Å². The molecule has 1 aromatic heterocycles. The molecule has 7 heteroatoms. The zero-order valence-electron chi connectivity index (χ0n) is 5.41. The number of nitrogens with zero attached hydrogens (tertiary/aromatic N) is 3. The summed E-state index contributed by atoms with van der Waals surface area (Å²) in [7, 11) is 1.27. The molecule has 0 fully saturated rings. The zero-order valence-corrected chi connectivity index (χ0v) is 8.59. The number of carbonyl (C=O) groups excluding carboxylic acids is 1. The van der Waals surface area contributed by atoms with E-state index in [-0.39, 0.29) is 0 Å². The molecule has 0 aliphatic carbocycles. The summed E-state index contributed by atoms with van der Waals surface area (Å²) >= 11 is 6.15. The molecular formula is C4H3Br2N3O2. The Morgan fingerprint density at radius 2 is 2.27 bits per heavy atom. The van der Waals surface area contributed by atoms with Crippen LogP contribution in [0, 0.1) is 0 Å². The van der Waals surface area contributed by atoms with Crippen molar-refractivity contribution in [2.45, 2.75) is 0 Å². The van der Waals surface area contributed by atoms with Gasteiger partial charge in [-0.3, -0.25) is 0 Å². The molecule has 0 bridgehead atoms. The molecule has 0 amide bonds. The lowest BCUT2D eigenvalue weighted by atomic mass is 10.9. The number of hydrogen-bond donors (Lipinski definition) is 0. The van der Waals surface area contributed by atoms with Gasteiger partial charge in [0.25, 0.3) is 0 Å². The van der Waals surface area contributed by atoms with Gasteiger partial charge in [0.1, 0.15) is 0 Å². The number of carbonyl (C=O) groups is 1. The summed E-state index contributed by atoms with van der Waals surface area (Å²) in [6, 6.07) is 0. The molecule has 0 aliphatic rings. The second-order valence-electron chi connectivity index (χ2n) is 1.55. The molecule has 0 saturated carbocycles. The molecule has 5 nitrogen and oxygen atoms in total. The maximum absolute atomic E-state index is 10.8. The summed E-state index contributed by atoms with van der Waals surface area (Å²) in [5.41, 5.74) is 0. The van der Waals surface area contributed by atoms with E-state index in [1.165, 1.54) is 7.11 Å². The summed E-state index contributed by atoms with van der Waals surface area (Å²) in [6.45, 7) is 0. The minimum Gasteiger partial charge on any atom is -0.451 e. The average Bonchev–Trinajstić information content (AvgIpc) is 2.32. The van der Waals surface area contributed by atoms with Crippen molar-refractivity contribution in [1.29, 1.82) is 0 Å². The van der Waals surface area contributed by atoms with Crippen molar-refractivity contribution in [3.63, 3.8) is 0 Å². The second-order valence-corrected chi connectivity index (χ2v) is 3.06. The van der Waals surface area contributed by atoms with E-state index >= 15 is 0 Å².